The Morgan fingerprint density at radius 1 is 1.21 bits per heavy atom. The van der Waals surface area contributed by atoms with Crippen LogP contribution in [-0.2, 0) is 23.0 Å². The Kier molecular flexibility index (Phi) is 5.56. The second-order valence-corrected chi connectivity index (χ2v) is 7.18. The van der Waals surface area contributed by atoms with Crippen molar-refractivity contribution >= 4 is 5.91 Å². The highest BCUT2D eigenvalue weighted by molar-refractivity contribution is 5.76. The Morgan fingerprint density at radius 2 is 1.92 bits per heavy atom. The number of amides is 1. The van der Waals surface area contributed by atoms with Crippen LogP contribution in [0.2, 0.25) is 0 Å². The van der Waals surface area contributed by atoms with E-state index in [-0.39, 0.29) is 11.9 Å². The van der Waals surface area contributed by atoms with Gasteiger partial charge in [0.25, 0.3) is 0 Å². The molecule has 0 aromatic carbocycles. The molecular weight excluding hydrogens is 304 g/mol. The summed E-state index contributed by atoms with van der Waals surface area (Å²) in [6.07, 6.45) is 5.70. The smallest absolute Gasteiger partial charge is 0.220 e. The standard InChI is InChI=1S/C18H30N4O2/c1-12-15(13(2)22(3)21-12)4-7-18(23)20-17-6-5-16(17)19-14-8-10-24-11-9-14/h14,16-17,19H,4-11H2,1-3H3,(H,20,23)/t16-,17+/m1/s1. The van der Waals surface area contributed by atoms with E-state index in [0.29, 0.717) is 18.5 Å². The van der Waals surface area contributed by atoms with Gasteiger partial charge in [-0.3, -0.25) is 9.48 Å². The molecule has 24 heavy (non-hydrogen) atoms. The molecule has 134 valence electrons. The van der Waals surface area contributed by atoms with Gasteiger partial charge < -0.3 is 15.4 Å². The monoisotopic (exact) mass is 334 g/mol. The quantitative estimate of drug-likeness (QED) is 0.825. The molecule has 0 radical (unpaired) electrons. The van der Waals surface area contributed by atoms with Crippen molar-refractivity contribution in [2.45, 2.75) is 70.5 Å². The third kappa shape index (κ3) is 3.98. The summed E-state index contributed by atoms with van der Waals surface area (Å²) in [4.78, 5) is 12.3. The van der Waals surface area contributed by atoms with Crippen LogP contribution in [0.1, 0.15) is 49.1 Å². The van der Waals surface area contributed by atoms with Gasteiger partial charge in [-0.05, 0) is 51.5 Å². The van der Waals surface area contributed by atoms with Gasteiger partial charge in [-0.1, -0.05) is 0 Å². The van der Waals surface area contributed by atoms with Crippen molar-refractivity contribution in [2.75, 3.05) is 13.2 Å². The van der Waals surface area contributed by atoms with Gasteiger partial charge in [-0.2, -0.15) is 5.10 Å². The summed E-state index contributed by atoms with van der Waals surface area (Å²) in [5, 5.41) is 11.3. The zero-order chi connectivity index (χ0) is 17.1. The summed E-state index contributed by atoms with van der Waals surface area (Å²) >= 11 is 0. The average molecular weight is 334 g/mol. The molecule has 2 fully saturated rings. The van der Waals surface area contributed by atoms with E-state index < -0.39 is 0 Å². The zero-order valence-corrected chi connectivity index (χ0v) is 15.1. The number of nitrogens with zero attached hydrogens (tertiary/aromatic N) is 2. The second kappa shape index (κ2) is 7.66. The lowest BCUT2D eigenvalue weighted by atomic mass is 9.85. The summed E-state index contributed by atoms with van der Waals surface area (Å²) in [7, 11) is 1.95. The molecule has 2 N–H and O–H groups in total. The number of ether oxygens (including phenoxy) is 1. The zero-order valence-electron chi connectivity index (χ0n) is 15.1. The molecule has 0 spiro atoms. The molecule has 0 unspecified atom stereocenters. The van der Waals surface area contributed by atoms with Crippen LogP contribution in [0.4, 0.5) is 0 Å². The van der Waals surface area contributed by atoms with Crippen LogP contribution in [-0.4, -0.2) is 47.0 Å². The molecule has 6 nitrogen and oxygen atoms in total. The number of rotatable bonds is 6. The van der Waals surface area contributed by atoms with Gasteiger partial charge in [-0.25, -0.2) is 0 Å². The lowest BCUT2D eigenvalue weighted by molar-refractivity contribution is -0.122. The third-order valence-corrected chi connectivity index (χ3v) is 5.55. The van der Waals surface area contributed by atoms with Crippen molar-refractivity contribution in [2.24, 2.45) is 7.05 Å². The van der Waals surface area contributed by atoms with Gasteiger partial charge in [-0.15, -0.1) is 0 Å². The number of carbonyl (C=O) groups is 1. The predicted octanol–water partition coefficient (Wildman–Crippen LogP) is 1.39. The lowest BCUT2D eigenvalue weighted by Crippen LogP contribution is -2.59. The van der Waals surface area contributed by atoms with Crippen molar-refractivity contribution in [3.05, 3.63) is 17.0 Å². The van der Waals surface area contributed by atoms with E-state index in [4.69, 9.17) is 4.74 Å². The molecule has 1 aromatic rings. The van der Waals surface area contributed by atoms with E-state index in [1.807, 2.05) is 18.7 Å². The predicted molar refractivity (Wildman–Crippen MR) is 92.9 cm³/mol. The van der Waals surface area contributed by atoms with Crippen molar-refractivity contribution in [3.8, 4) is 0 Å². The molecular formula is C18H30N4O2. The first-order chi connectivity index (χ1) is 11.5. The molecule has 0 bridgehead atoms. The molecule has 6 heteroatoms. The molecule has 1 saturated heterocycles. The number of nitrogens with one attached hydrogen (secondary N) is 2. The van der Waals surface area contributed by atoms with Crippen molar-refractivity contribution < 1.29 is 9.53 Å². The summed E-state index contributed by atoms with van der Waals surface area (Å²) in [5.41, 5.74) is 3.40. The van der Waals surface area contributed by atoms with Gasteiger partial charge in [0.1, 0.15) is 0 Å². The summed E-state index contributed by atoms with van der Waals surface area (Å²) in [6, 6.07) is 1.26. The van der Waals surface area contributed by atoms with Crippen LogP contribution in [0.15, 0.2) is 0 Å². The normalized spacial score (nSPS) is 24.6. The maximum absolute atomic E-state index is 12.3. The maximum Gasteiger partial charge on any atom is 0.220 e. The van der Waals surface area contributed by atoms with E-state index in [1.54, 1.807) is 0 Å². The SMILES string of the molecule is Cc1nn(C)c(C)c1CCC(=O)N[C@H]1CC[C@H]1NC1CCOCC1. The van der Waals surface area contributed by atoms with Crippen LogP contribution in [0.25, 0.3) is 0 Å². The molecule has 2 aliphatic rings. The molecule has 1 aliphatic carbocycles. The topological polar surface area (TPSA) is 68.2 Å². The van der Waals surface area contributed by atoms with Crippen molar-refractivity contribution in [1.82, 2.24) is 20.4 Å². The van der Waals surface area contributed by atoms with Crippen LogP contribution >= 0.6 is 0 Å². The summed E-state index contributed by atoms with van der Waals surface area (Å²) < 4.78 is 7.29. The number of carbonyl (C=O) groups excluding carboxylic acids is 1. The fourth-order valence-corrected chi connectivity index (χ4v) is 3.74. The molecule has 1 aliphatic heterocycles. The first-order valence-electron chi connectivity index (χ1n) is 9.17. The minimum absolute atomic E-state index is 0.154. The van der Waals surface area contributed by atoms with E-state index in [9.17, 15) is 4.79 Å². The molecule has 3 rings (SSSR count). The summed E-state index contributed by atoms with van der Waals surface area (Å²) in [6.45, 7) is 5.78. The van der Waals surface area contributed by atoms with Gasteiger partial charge in [0, 0.05) is 50.5 Å². The Hall–Kier alpha value is -1.40. The van der Waals surface area contributed by atoms with Crippen LogP contribution in [0.5, 0.6) is 0 Å². The highest BCUT2D eigenvalue weighted by atomic mass is 16.5. The highest BCUT2D eigenvalue weighted by Crippen LogP contribution is 2.22. The maximum atomic E-state index is 12.3. The molecule has 2 heterocycles. The first-order valence-corrected chi connectivity index (χ1v) is 9.17. The van der Waals surface area contributed by atoms with E-state index >= 15 is 0 Å². The number of hydrogen-bond acceptors (Lipinski definition) is 4. The Morgan fingerprint density at radius 3 is 2.50 bits per heavy atom. The Labute approximate surface area is 144 Å². The number of aryl methyl sites for hydroxylation is 2. The van der Waals surface area contributed by atoms with Gasteiger partial charge >= 0.3 is 0 Å². The van der Waals surface area contributed by atoms with Crippen LogP contribution in [0, 0.1) is 13.8 Å². The average Bonchev–Trinajstić information content (AvgIpc) is 2.81. The molecule has 1 aromatic heterocycles. The fraction of sp³-hybridized carbons (Fsp3) is 0.778. The van der Waals surface area contributed by atoms with Gasteiger partial charge in [0.05, 0.1) is 5.69 Å². The van der Waals surface area contributed by atoms with Gasteiger partial charge in [0.2, 0.25) is 5.91 Å². The summed E-state index contributed by atoms with van der Waals surface area (Å²) in [5.74, 6) is 0.154. The van der Waals surface area contributed by atoms with E-state index in [0.717, 1.165) is 56.7 Å². The highest BCUT2D eigenvalue weighted by Gasteiger charge is 2.33. The molecule has 1 amide bonds. The third-order valence-electron chi connectivity index (χ3n) is 5.55. The van der Waals surface area contributed by atoms with Crippen LogP contribution in [0.3, 0.4) is 0 Å². The minimum atomic E-state index is 0.154. The number of aromatic nitrogens is 2. The molecule has 1 saturated carbocycles. The largest absolute Gasteiger partial charge is 0.381 e. The fourth-order valence-electron chi connectivity index (χ4n) is 3.74. The minimum Gasteiger partial charge on any atom is -0.381 e. The second-order valence-electron chi connectivity index (χ2n) is 7.18. The van der Waals surface area contributed by atoms with Crippen molar-refractivity contribution in [1.29, 1.82) is 0 Å². The lowest BCUT2D eigenvalue weighted by Gasteiger charge is -2.41. The first kappa shape index (κ1) is 17.4. The number of hydrogen-bond donors (Lipinski definition) is 2. The van der Waals surface area contributed by atoms with E-state index in [1.165, 1.54) is 5.56 Å². The Balaban J connectivity index is 1.43. The van der Waals surface area contributed by atoms with Crippen LogP contribution < -0.4 is 10.6 Å². The molecule has 2 atom stereocenters. The Bertz CT molecular complexity index is 578. The van der Waals surface area contributed by atoms with Crippen molar-refractivity contribution in [3.63, 3.8) is 0 Å². The van der Waals surface area contributed by atoms with Gasteiger partial charge in [0.15, 0.2) is 0 Å². The van der Waals surface area contributed by atoms with E-state index in [2.05, 4.69) is 22.7 Å².